The van der Waals surface area contributed by atoms with Crippen molar-refractivity contribution in [3.8, 4) is 0 Å². The highest BCUT2D eigenvalue weighted by atomic mass is 16.6. The van der Waals surface area contributed by atoms with Crippen LogP contribution < -0.4 is 10.6 Å². The van der Waals surface area contributed by atoms with E-state index in [1.54, 1.807) is 13.0 Å². The Morgan fingerprint density at radius 3 is 2.90 bits per heavy atom. The monoisotopic (exact) mass is 278 g/mol. The van der Waals surface area contributed by atoms with Gasteiger partial charge in [-0.3, -0.25) is 10.1 Å². The Morgan fingerprint density at radius 2 is 2.30 bits per heavy atom. The molecule has 0 aliphatic carbocycles. The number of nitrogens with one attached hydrogen (secondary N) is 2. The van der Waals surface area contributed by atoms with Crippen molar-refractivity contribution in [1.29, 1.82) is 0 Å². The van der Waals surface area contributed by atoms with Crippen LogP contribution in [0.2, 0.25) is 0 Å². The van der Waals surface area contributed by atoms with E-state index in [0.29, 0.717) is 17.6 Å². The zero-order valence-electron chi connectivity index (χ0n) is 12.3. The van der Waals surface area contributed by atoms with Crippen LogP contribution >= 0.6 is 0 Å². The number of nitro groups is 1. The highest BCUT2D eigenvalue weighted by Gasteiger charge is 2.31. The van der Waals surface area contributed by atoms with Crippen molar-refractivity contribution >= 4 is 11.5 Å². The molecule has 0 saturated carbocycles. The van der Waals surface area contributed by atoms with E-state index in [1.807, 2.05) is 0 Å². The van der Waals surface area contributed by atoms with Crippen LogP contribution in [0.15, 0.2) is 12.1 Å². The molecular weight excluding hydrogens is 256 g/mol. The molecule has 1 saturated heterocycles. The summed E-state index contributed by atoms with van der Waals surface area (Å²) in [7, 11) is 0. The van der Waals surface area contributed by atoms with Gasteiger partial charge in [0.1, 0.15) is 11.5 Å². The predicted octanol–water partition coefficient (Wildman–Crippen LogP) is 2.49. The van der Waals surface area contributed by atoms with E-state index < -0.39 is 4.92 Å². The summed E-state index contributed by atoms with van der Waals surface area (Å²) in [4.78, 5) is 14.6. The first kappa shape index (κ1) is 14.7. The molecule has 2 N–H and O–H groups in total. The number of anilines is 1. The average molecular weight is 278 g/mol. The highest BCUT2D eigenvalue weighted by molar-refractivity contribution is 5.44. The lowest BCUT2D eigenvalue weighted by Crippen LogP contribution is -2.50. The van der Waals surface area contributed by atoms with Crippen LogP contribution in [-0.2, 0) is 0 Å². The lowest BCUT2D eigenvalue weighted by molar-refractivity contribution is -0.385. The molecule has 1 aromatic heterocycles. The first-order chi connectivity index (χ1) is 9.40. The number of aryl methyl sites for hydroxylation is 1. The number of rotatable bonds is 4. The second-order valence-electron chi connectivity index (χ2n) is 6.04. The molecule has 1 aliphatic rings. The van der Waals surface area contributed by atoms with Crippen molar-refractivity contribution < 1.29 is 4.92 Å². The van der Waals surface area contributed by atoms with Gasteiger partial charge in [0, 0.05) is 18.7 Å². The van der Waals surface area contributed by atoms with E-state index in [-0.39, 0.29) is 11.1 Å². The predicted molar refractivity (Wildman–Crippen MR) is 78.9 cm³/mol. The van der Waals surface area contributed by atoms with E-state index >= 15 is 0 Å². The summed E-state index contributed by atoms with van der Waals surface area (Å²) >= 11 is 0. The quantitative estimate of drug-likeness (QED) is 0.653. The van der Waals surface area contributed by atoms with Gasteiger partial charge < -0.3 is 10.6 Å². The number of pyridine rings is 1. The maximum atomic E-state index is 10.8. The van der Waals surface area contributed by atoms with Crippen molar-refractivity contribution in [2.45, 2.75) is 39.7 Å². The third-order valence-corrected chi connectivity index (χ3v) is 4.07. The largest absolute Gasteiger partial charge is 0.368 e. The van der Waals surface area contributed by atoms with Crippen LogP contribution in [0, 0.1) is 22.5 Å². The van der Waals surface area contributed by atoms with Gasteiger partial charge in [-0.2, -0.15) is 0 Å². The Hall–Kier alpha value is -1.69. The fourth-order valence-electron chi connectivity index (χ4n) is 2.67. The standard InChI is InChI=1S/C14H22N4O2/c1-10-11(18(19)20)5-6-13(17-10)16-9-12-14(2,3)7-4-8-15-12/h5-6,12,15H,4,7-9H2,1-3H3,(H,16,17). The lowest BCUT2D eigenvalue weighted by atomic mass is 9.77. The molecule has 0 radical (unpaired) electrons. The van der Waals surface area contributed by atoms with Crippen molar-refractivity contribution in [2.24, 2.45) is 5.41 Å². The van der Waals surface area contributed by atoms with Gasteiger partial charge in [0.2, 0.25) is 0 Å². The SMILES string of the molecule is Cc1nc(NCC2NCCCC2(C)C)ccc1[N+](=O)[O-]. The first-order valence-corrected chi connectivity index (χ1v) is 6.99. The second kappa shape index (κ2) is 5.75. The molecule has 20 heavy (non-hydrogen) atoms. The van der Waals surface area contributed by atoms with Crippen LogP contribution in [0.25, 0.3) is 0 Å². The van der Waals surface area contributed by atoms with Gasteiger partial charge in [-0.25, -0.2) is 4.98 Å². The maximum absolute atomic E-state index is 10.8. The van der Waals surface area contributed by atoms with E-state index in [0.717, 1.165) is 13.1 Å². The molecule has 2 heterocycles. The topological polar surface area (TPSA) is 80.1 Å². The van der Waals surface area contributed by atoms with Gasteiger partial charge in [-0.15, -0.1) is 0 Å². The number of nitrogens with zero attached hydrogens (tertiary/aromatic N) is 2. The van der Waals surface area contributed by atoms with E-state index in [1.165, 1.54) is 18.9 Å². The van der Waals surface area contributed by atoms with Crippen LogP contribution in [-0.4, -0.2) is 29.0 Å². The molecule has 0 spiro atoms. The molecule has 1 unspecified atom stereocenters. The van der Waals surface area contributed by atoms with Crippen LogP contribution in [0.4, 0.5) is 11.5 Å². The zero-order valence-corrected chi connectivity index (χ0v) is 12.3. The summed E-state index contributed by atoms with van der Waals surface area (Å²) in [6, 6.07) is 3.55. The molecule has 2 rings (SSSR count). The van der Waals surface area contributed by atoms with E-state index in [2.05, 4.69) is 29.5 Å². The zero-order chi connectivity index (χ0) is 14.8. The summed E-state index contributed by atoms with van der Waals surface area (Å²) < 4.78 is 0. The minimum Gasteiger partial charge on any atom is -0.368 e. The third kappa shape index (κ3) is 3.25. The number of aromatic nitrogens is 1. The van der Waals surface area contributed by atoms with Crippen molar-refractivity contribution in [3.05, 3.63) is 27.9 Å². The Morgan fingerprint density at radius 1 is 1.55 bits per heavy atom. The summed E-state index contributed by atoms with van der Waals surface area (Å²) in [5, 5.41) is 17.6. The summed E-state index contributed by atoms with van der Waals surface area (Å²) in [5.74, 6) is 0.691. The summed E-state index contributed by atoms with van der Waals surface area (Å²) in [5.41, 5.74) is 0.753. The molecule has 6 nitrogen and oxygen atoms in total. The van der Waals surface area contributed by atoms with Crippen LogP contribution in [0.1, 0.15) is 32.4 Å². The van der Waals surface area contributed by atoms with E-state index in [9.17, 15) is 10.1 Å². The van der Waals surface area contributed by atoms with Gasteiger partial charge >= 0.3 is 0 Å². The Bertz CT molecular complexity index is 502. The van der Waals surface area contributed by atoms with Crippen LogP contribution in [0.5, 0.6) is 0 Å². The Balaban J connectivity index is 2.00. The average Bonchev–Trinajstić information content (AvgIpc) is 2.36. The van der Waals surface area contributed by atoms with Gasteiger partial charge in [-0.05, 0) is 37.8 Å². The molecule has 1 fully saturated rings. The molecular formula is C14H22N4O2. The van der Waals surface area contributed by atoms with Gasteiger partial charge in [0.05, 0.1) is 4.92 Å². The number of hydrogen-bond acceptors (Lipinski definition) is 5. The Labute approximate surface area is 119 Å². The second-order valence-corrected chi connectivity index (χ2v) is 6.04. The first-order valence-electron chi connectivity index (χ1n) is 6.99. The lowest BCUT2D eigenvalue weighted by Gasteiger charge is -2.39. The molecule has 1 atom stereocenters. The van der Waals surface area contributed by atoms with Gasteiger partial charge in [-0.1, -0.05) is 13.8 Å². The highest BCUT2D eigenvalue weighted by Crippen LogP contribution is 2.30. The number of hydrogen-bond donors (Lipinski definition) is 2. The molecule has 0 bridgehead atoms. The summed E-state index contributed by atoms with van der Waals surface area (Å²) in [6.07, 6.45) is 2.41. The van der Waals surface area contributed by atoms with Crippen molar-refractivity contribution in [3.63, 3.8) is 0 Å². The van der Waals surface area contributed by atoms with Crippen molar-refractivity contribution in [2.75, 3.05) is 18.4 Å². The van der Waals surface area contributed by atoms with E-state index in [4.69, 9.17) is 0 Å². The maximum Gasteiger partial charge on any atom is 0.290 e. The van der Waals surface area contributed by atoms with Gasteiger partial charge in [0.15, 0.2) is 0 Å². The summed E-state index contributed by atoms with van der Waals surface area (Å²) in [6.45, 7) is 8.01. The molecule has 1 aliphatic heterocycles. The molecule has 1 aromatic rings. The normalized spacial score (nSPS) is 21.4. The van der Waals surface area contributed by atoms with Crippen molar-refractivity contribution in [1.82, 2.24) is 10.3 Å². The number of piperidine rings is 1. The minimum atomic E-state index is -0.405. The molecule has 110 valence electrons. The van der Waals surface area contributed by atoms with Crippen LogP contribution in [0.3, 0.4) is 0 Å². The fraction of sp³-hybridized carbons (Fsp3) is 0.643. The minimum absolute atomic E-state index is 0.0617. The molecule has 6 heteroatoms. The molecule has 0 aromatic carbocycles. The smallest absolute Gasteiger partial charge is 0.290 e. The van der Waals surface area contributed by atoms with Gasteiger partial charge in [0.25, 0.3) is 5.69 Å². The third-order valence-electron chi connectivity index (χ3n) is 4.07. The Kier molecular flexibility index (Phi) is 4.23. The molecule has 0 amide bonds. The fourth-order valence-corrected chi connectivity index (χ4v) is 2.67.